The third-order valence-electron chi connectivity index (χ3n) is 4.05. The molecule has 0 aliphatic carbocycles. The second-order valence-electron chi connectivity index (χ2n) is 6.58. The Labute approximate surface area is 178 Å². The molecule has 0 aliphatic heterocycles. The van der Waals surface area contributed by atoms with Crippen LogP contribution in [0.5, 0.6) is 11.5 Å². The number of halogens is 1. The van der Waals surface area contributed by atoms with Crippen LogP contribution in [0.3, 0.4) is 0 Å². The first-order valence-electron chi connectivity index (χ1n) is 9.19. The molecule has 3 rings (SSSR count). The first kappa shape index (κ1) is 21.3. The number of carbonyl (C=O) groups is 2. The van der Waals surface area contributed by atoms with Gasteiger partial charge in [-0.15, -0.1) is 0 Å². The van der Waals surface area contributed by atoms with E-state index in [1.54, 1.807) is 36.4 Å². The standard InChI is InChI=1S/C22H21ClN2O5/c1-13(2)29-18-9-8-14(12-20(18)28-3)21(26)24-25-22(27)19-11-10-17(30-19)15-6-4-5-7-16(15)23/h4-13H,1-3H3,(H,24,26)(H,25,27). The molecule has 7 nitrogen and oxygen atoms in total. The van der Waals surface area contributed by atoms with Gasteiger partial charge in [-0.1, -0.05) is 23.7 Å². The zero-order valence-electron chi connectivity index (χ0n) is 16.7. The van der Waals surface area contributed by atoms with E-state index in [0.29, 0.717) is 33.4 Å². The molecule has 2 N–H and O–H groups in total. The van der Waals surface area contributed by atoms with Gasteiger partial charge in [0.1, 0.15) is 5.76 Å². The molecule has 2 aromatic carbocycles. The molecule has 3 aromatic rings. The molecule has 156 valence electrons. The van der Waals surface area contributed by atoms with E-state index >= 15 is 0 Å². The van der Waals surface area contributed by atoms with Crippen LogP contribution < -0.4 is 20.3 Å². The molecule has 0 unspecified atom stereocenters. The minimum atomic E-state index is -0.603. The van der Waals surface area contributed by atoms with E-state index in [0.717, 1.165) is 0 Å². The van der Waals surface area contributed by atoms with Crippen LogP contribution >= 0.6 is 11.6 Å². The average molecular weight is 429 g/mol. The lowest BCUT2D eigenvalue weighted by Gasteiger charge is -2.14. The quantitative estimate of drug-likeness (QED) is 0.565. The zero-order chi connectivity index (χ0) is 21.7. The van der Waals surface area contributed by atoms with Gasteiger partial charge in [-0.25, -0.2) is 0 Å². The second-order valence-corrected chi connectivity index (χ2v) is 6.99. The Hall–Kier alpha value is -3.45. The van der Waals surface area contributed by atoms with Gasteiger partial charge in [0, 0.05) is 11.1 Å². The molecule has 30 heavy (non-hydrogen) atoms. The number of benzene rings is 2. The number of nitrogens with one attached hydrogen (secondary N) is 2. The summed E-state index contributed by atoms with van der Waals surface area (Å²) in [6.45, 7) is 3.78. The van der Waals surface area contributed by atoms with Gasteiger partial charge in [0.2, 0.25) is 0 Å². The summed E-state index contributed by atoms with van der Waals surface area (Å²) >= 11 is 6.14. The lowest BCUT2D eigenvalue weighted by atomic mass is 10.2. The minimum absolute atomic E-state index is 0.0310. The molecule has 0 atom stereocenters. The van der Waals surface area contributed by atoms with Crippen LogP contribution in [0.25, 0.3) is 11.3 Å². The van der Waals surface area contributed by atoms with Crippen molar-refractivity contribution in [3.8, 4) is 22.8 Å². The van der Waals surface area contributed by atoms with E-state index in [-0.39, 0.29) is 11.9 Å². The smallest absolute Gasteiger partial charge is 0.305 e. The van der Waals surface area contributed by atoms with Crippen molar-refractivity contribution in [1.82, 2.24) is 10.9 Å². The fourth-order valence-corrected chi connectivity index (χ4v) is 2.90. The number of ether oxygens (including phenoxy) is 2. The van der Waals surface area contributed by atoms with E-state index in [9.17, 15) is 9.59 Å². The molecule has 0 saturated heterocycles. The maximum absolute atomic E-state index is 12.4. The summed E-state index contributed by atoms with van der Waals surface area (Å²) in [7, 11) is 1.49. The van der Waals surface area contributed by atoms with Crippen molar-refractivity contribution in [2.75, 3.05) is 7.11 Å². The van der Waals surface area contributed by atoms with Gasteiger partial charge in [-0.05, 0) is 56.3 Å². The number of hydrogen-bond acceptors (Lipinski definition) is 5. The Morgan fingerprint density at radius 1 is 0.967 bits per heavy atom. The summed E-state index contributed by atoms with van der Waals surface area (Å²) in [5.74, 6) is 0.295. The molecule has 0 aliphatic rings. The van der Waals surface area contributed by atoms with Gasteiger partial charge in [-0.3, -0.25) is 20.4 Å². The molecule has 1 heterocycles. The summed E-state index contributed by atoms with van der Waals surface area (Å²) in [6, 6.07) is 15.0. The predicted octanol–water partition coefficient (Wildman–Crippen LogP) is 4.47. The van der Waals surface area contributed by atoms with Crippen molar-refractivity contribution in [2.45, 2.75) is 20.0 Å². The topological polar surface area (TPSA) is 89.8 Å². The van der Waals surface area contributed by atoms with Gasteiger partial charge in [0.15, 0.2) is 17.3 Å². The van der Waals surface area contributed by atoms with Crippen molar-refractivity contribution < 1.29 is 23.5 Å². The Bertz CT molecular complexity index is 1060. The van der Waals surface area contributed by atoms with Crippen molar-refractivity contribution in [1.29, 1.82) is 0 Å². The third-order valence-corrected chi connectivity index (χ3v) is 4.38. The highest BCUT2D eigenvalue weighted by Crippen LogP contribution is 2.30. The van der Waals surface area contributed by atoms with Crippen LogP contribution in [-0.2, 0) is 0 Å². The molecule has 0 bridgehead atoms. The molecular weight excluding hydrogens is 408 g/mol. The predicted molar refractivity (Wildman–Crippen MR) is 113 cm³/mol. The summed E-state index contributed by atoms with van der Waals surface area (Å²) in [4.78, 5) is 24.7. The molecule has 8 heteroatoms. The number of carbonyl (C=O) groups excluding carboxylic acids is 2. The molecule has 0 spiro atoms. The summed E-state index contributed by atoms with van der Waals surface area (Å²) in [5, 5.41) is 0.506. The third kappa shape index (κ3) is 4.93. The van der Waals surface area contributed by atoms with Crippen LogP contribution in [0.4, 0.5) is 0 Å². The molecule has 1 aromatic heterocycles. The number of rotatable bonds is 6. The van der Waals surface area contributed by atoms with Gasteiger partial charge in [-0.2, -0.15) is 0 Å². The molecular formula is C22H21ClN2O5. The number of hydrogen-bond donors (Lipinski definition) is 2. The normalized spacial score (nSPS) is 10.6. The molecule has 0 fully saturated rings. The summed E-state index contributed by atoms with van der Waals surface area (Å²) < 4.78 is 16.4. The van der Waals surface area contributed by atoms with E-state index in [1.165, 1.54) is 19.2 Å². The Kier molecular flexibility index (Phi) is 6.64. The van der Waals surface area contributed by atoms with Gasteiger partial charge < -0.3 is 13.9 Å². The lowest BCUT2D eigenvalue weighted by molar-refractivity contribution is 0.0831. The molecule has 2 amide bonds. The Morgan fingerprint density at radius 2 is 1.70 bits per heavy atom. The van der Waals surface area contributed by atoms with Gasteiger partial charge in [0.05, 0.1) is 18.2 Å². The average Bonchev–Trinajstić information content (AvgIpc) is 3.22. The minimum Gasteiger partial charge on any atom is -0.493 e. The highest BCUT2D eigenvalue weighted by Gasteiger charge is 2.16. The van der Waals surface area contributed by atoms with Crippen LogP contribution in [0.1, 0.15) is 34.8 Å². The maximum Gasteiger partial charge on any atom is 0.305 e. The lowest BCUT2D eigenvalue weighted by Crippen LogP contribution is -2.41. The second kappa shape index (κ2) is 9.37. The number of hydrazine groups is 1. The van der Waals surface area contributed by atoms with E-state index in [1.807, 2.05) is 19.9 Å². The highest BCUT2D eigenvalue weighted by atomic mass is 35.5. The van der Waals surface area contributed by atoms with Crippen molar-refractivity contribution in [3.63, 3.8) is 0 Å². The van der Waals surface area contributed by atoms with Crippen LogP contribution in [0.2, 0.25) is 5.02 Å². The molecule has 0 radical (unpaired) electrons. The van der Waals surface area contributed by atoms with Gasteiger partial charge >= 0.3 is 5.91 Å². The number of furan rings is 1. The number of methoxy groups -OCH3 is 1. The van der Waals surface area contributed by atoms with E-state index < -0.39 is 11.8 Å². The Balaban J connectivity index is 1.65. The van der Waals surface area contributed by atoms with Crippen LogP contribution in [0.15, 0.2) is 59.0 Å². The molecule has 0 saturated carbocycles. The summed E-state index contributed by atoms with van der Waals surface area (Å²) in [6.07, 6.45) is -0.0400. The van der Waals surface area contributed by atoms with Crippen molar-refractivity contribution in [2.24, 2.45) is 0 Å². The van der Waals surface area contributed by atoms with E-state index in [2.05, 4.69) is 10.9 Å². The fraction of sp³-hybridized carbons (Fsp3) is 0.182. The first-order valence-corrected chi connectivity index (χ1v) is 9.57. The monoisotopic (exact) mass is 428 g/mol. The SMILES string of the molecule is COc1cc(C(=O)NNC(=O)c2ccc(-c3ccccc3Cl)o2)ccc1OC(C)C. The maximum atomic E-state index is 12.4. The van der Waals surface area contributed by atoms with Gasteiger partial charge in [0.25, 0.3) is 5.91 Å². The fourth-order valence-electron chi connectivity index (χ4n) is 2.67. The largest absolute Gasteiger partial charge is 0.493 e. The highest BCUT2D eigenvalue weighted by molar-refractivity contribution is 6.33. The van der Waals surface area contributed by atoms with Crippen LogP contribution in [-0.4, -0.2) is 25.0 Å². The van der Waals surface area contributed by atoms with E-state index in [4.69, 9.17) is 25.5 Å². The number of amides is 2. The zero-order valence-corrected chi connectivity index (χ0v) is 17.4. The Morgan fingerprint density at radius 3 is 2.40 bits per heavy atom. The summed E-state index contributed by atoms with van der Waals surface area (Å²) in [5.41, 5.74) is 5.63. The first-order chi connectivity index (χ1) is 14.4. The van der Waals surface area contributed by atoms with Crippen LogP contribution in [0, 0.1) is 0 Å². The van der Waals surface area contributed by atoms with Crippen molar-refractivity contribution >= 4 is 23.4 Å². The van der Waals surface area contributed by atoms with Crippen molar-refractivity contribution in [3.05, 3.63) is 70.9 Å².